The first-order valence-electron chi connectivity index (χ1n) is 7.89. The molecule has 0 aliphatic carbocycles. The van der Waals surface area contributed by atoms with Gasteiger partial charge in [0.05, 0.1) is 16.4 Å². The van der Waals surface area contributed by atoms with Crippen molar-refractivity contribution < 1.29 is 19.2 Å². The molecule has 0 saturated carbocycles. The number of amides is 1. The number of hydrogen-bond acceptors (Lipinski definition) is 7. The van der Waals surface area contributed by atoms with E-state index in [0.717, 1.165) is 0 Å². The molecule has 7 nitrogen and oxygen atoms in total. The molecule has 0 saturated heterocycles. The van der Waals surface area contributed by atoms with Crippen LogP contribution in [0.4, 0.5) is 10.7 Å². The van der Waals surface area contributed by atoms with E-state index < -0.39 is 10.9 Å². The van der Waals surface area contributed by atoms with Crippen LogP contribution in [0.1, 0.15) is 27.0 Å². The van der Waals surface area contributed by atoms with Crippen molar-refractivity contribution in [3.8, 4) is 11.1 Å². The Morgan fingerprint density at radius 2 is 2.04 bits per heavy atom. The van der Waals surface area contributed by atoms with Crippen LogP contribution in [-0.4, -0.2) is 23.4 Å². The van der Waals surface area contributed by atoms with Crippen molar-refractivity contribution in [2.75, 3.05) is 11.9 Å². The minimum Gasteiger partial charge on any atom is -0.462 e. The number of anilines is 1. The van der Waals surface area contributed by atoms with E-state index in [1.807, 2.05) is 0 Å². The highest BCUT2D eigenvalue weighted by Gasteiger charge is 2.24. The van der Waals surface area contributed by atoms with Crippen LogP contribution in [-0.2, 0) is 4.74 Å². The summed E-state index contributed by atoms with van der Waals surface area (Å²) in [6, 6.07) is 9.41. The number of nitro benzene ring substituents is 1. The molecule has 2 heterocycles. The van der Waals surface area contributed by atoms with Crippen LogP contribution in [0.3, 0.4) is 0 Å². The molecule has 0 bridgehead atoms. The van der Waals surface area contributed by atoms with E-state index in [4.69, 9.17) is 4.74 Å². The summed E-state index contributed by atoms with van der Waals surface area (Å²) >= 11 is 2.45. The average molecular weight is 402 g/mol. The van der Waals surface area contributed by atoms with Crippen LogP contribution >= 0.6 is 22.7 Å². The monoisotopic (exact) mass is 402 g/mol. The molecule has 9 heteroatoms. The van der Waals surface area contributed by atoms with E-state index in [0.29, 0.717) is 21.0 Å². The molecule has 3 aromatic rings. The van der Waals surface area contributed by atoms with Crippen LogP contribution in [0, 0.1) is 10.1 Å². The summed E-state index contributed by atoms with van der Waals surface area (Å²) in [6.45, 7) is 1.85. The molecule has 1 amide bonds. The Kier molecular flexibility index (Phi) is 5.63. The lowest BCUT2D eigenvalue weighted by Crippen LogP contribution is -2.13. The Bertz CT molecular complexity index is 995. The summed E-state index contributed by atoms with van der Waals surface area (Å²) in [7, 11) is 0. The second-order valence-electron chi connectivity index (χ2n) is 5.31. The molecule has 0 unspecified atom stereocenters. The molecule has 0 fully saturated rings. The van der Waals surface area contributed by atoms with Crippen LogP contribution in [0.2, 0.25) is 0 Å². The molecule has 1 N–H and O–H groups in total. The minimum absolute atomic E-state index is 0.0855. The Morgan fingerprint density at radius 3 is 2.70 bits per heavy atom. The van der Waals surface area contributed by atoms with Gasteiger partial charge in [0.15, 0.2) is 0 Å². The van der Waals surface area contributed by atoms with E-state index in [-0.39, 0.29) is 23.8 Å². The summed E-state index contributed by atoms with van der Waals surface area (Å²) < 4.78 is 5.12. The zero-order chi connectivity index (χ0) is 19.4. The number of ether oxygens (including phenoxy) is 1. The number of nitro groups is 1. The first-order valence-corrected chi connectivity index (χ1v) is 9.65. The lowest BCUT2D eigenvalue weighted by molar-refractivity contribution is -0.384. The van der Waals surface area contributed by atoms with Gasteiger partial charge in [0.25, 0.3) is 11.6 Å². The highest BCUT2D eigenvalue weighted by atomic mass is 32.1. The second-order valence-corrected chi connectivity index (χ2v) is 7.14. The van der Waals surface area contributed by atoms with Gasteiger partial charge in [-0.15, -0.1) is 22.7 Å². The van der Waals surface area contributed by atoms with Crippen LogP contribution in [0.25, 0.3) is 11.1 Å². The highest BCUT2D eigenvalue weighted by molar-refractivity contribution is 7.15. The molecule has 27 heavy (non-hydrogen) atoms. The molecule has 3 rings (SSSR count). The number of carbonyl (C=O) groups excluding carboxylic acids is 2. The number of non-ortho nitro benzene ring substituents is 1. The third-order valence-electron chi connectivity index (χ3n) is 3.61. The van der Waals surface area contributed by atoms with Gasteiger partial charge in [-0.25, -0.2) is 4.79 Å². The Balaban J connectivity index is 2.03. The second kappa shape index (κ2) is 8.11. The lowest BCUT2D eigenvalue weighted by atomic mass is 10.0. The van der Waals surface area contributed by atoms with Crippen molar-refractivity contribution in [1.29, 1.82) is 0 Å². The standard InChI is InChI=1S/C18H14N2O5S2/c1-2-25-18(22)15-13(11-5-3-6-12(9-11)20(23)24)10-27-17(15)19-16(21)14-7-4-8-26-14/h3-10H,2H2,1H3,(H,19,21). The van der Waals surface area contributed by atoms with Crippen molar-refractivity contribution in [1.82, 2.24) is 0 Å². The van der Waals surface area contributed by atoms with Crippen molar-refractivity contribution in [3.05, 3.63) is 67.7 Å². The van der Waals surface area contributed by atoms with E-state index in [9.17, 15) is 19.7 Å². The summed E-state index contributed by atoms with van der Waals surface area (Å²) in [4.78, 5) is 35.9. The zero-order valence-corrected chi connectivity index (χ0v) is 15.8. The number of benzene rings is 1. The smallest absolute Gasteiger partial charge is 0.341 e. The summed E-state index contributed by atoms with van der Waals surface area (Å²) in [6.07, 6.45) is 0. The molecule has 0 radical (unpaired) electrons. The number of carbonyl (C=O) groups is 2. The topological polar surface area (TPSA) is 98.5 Å². The van der Waals surface area contributed by atoms with Crippen molar-refractivity contribution >= 4 is 45.2 Å². The maximum absolute atomic E-state index is 12.5. The predicted octanol–water partition coefficient (Wildman–Crippen LogP) is 4.81. The van der Waals surface area contributed by atoms with Crippen LogP contribution < -0.4 is 5.32 Å². The van der Waals surface area contributed by atoms with E-state index in [1.54, 1.807) is 41.9 Å². The maximum atomic E-state index is 12.5. The van der Waals surface area contributed by atoms with Gasteiger partial charge in [-0.2, -0.15) is 0 Å². The van der Waals surface area contributed by atoms with E-state index >= 15 is 0 Å². The van der Waals surface area contributed by atoms with Crippen molar-refractivity contribution in [2.24, 2.45) is 0 Å². The van der Waals surface area contributed by atoms with Gasteiger partial charge in [0.1, 0.15) is 10.6 Å². The van der Waals surface area contributed by atoms with Gasteiger partial charge in [0.2, 0.25) is 0 Å². The summed E-state index contributed by atoms with van der Waals surface area (Å²) in [5, 5.41) is 17.6. The number of nitrogens with zero attached hydrogens (tertiary/aromatic N) is 1. The largest absolute Gasteiger partial charge is 0.462 e. The summed E-state index contributed by atoms with van der Waals surface area (Å²) in [5.41, 5.74) is 1.08. The van der Waals surface area contributed by atoms with Gasteiger partial charge >= 0.3 is 5.97 Å². The first-order chi connectivity index (χ1) is 13.0. The maximum Gasteiger partial charge on any atom is 0.341 e. The van der Waals surface area contributed by atoms with Crippen molar-refractivity contribution in [3.63, 3.8) is 0 Å². The van der Waals surface area contributed by atoms with Crippen molar-refractivity contribution in [2.45, 2.75) is 6.92 Å². The molecule has 1 aromatic carbocycles. The van der Waals surface area contributed by atoms with Gasteiger partial charge in [-0.1, -0.05) is 18.2 Å². The van der Waals surface area contributed by atoms with Gasteiger partial charge < -0.3 is 10.1 Å². The molecule has 2 aromatic heterocycles. The summed E-state index contributed by atoms with van der Waals surface area (Å²) in [5.74, 6) is -0.926. The number of esters is 1. The molecule has 0 aliphatic heterocycles. The normalized spacial score (nSPS) is 10.4. The zero-order valence-electron chi connectivity index (χ0n) is 14.1. The first kappa shape index (κ1) is 18.7. The molecular weight excluding hydrogens is 388 g/mol. The molecule has 138 valence electrons. The number of nitrogens with one attached hydrogen (secondary N) is 1. The fraction of sp³-hybridized carbons (Fsp3) is 0.111. The predicted molar refractivity (Wildman–Crippen MR) is 105 cm³/mol. The van der Waals surface area contributed by atoms with Gasteiger partial charge in [0, 0.05) is 23.1 Å². The molecule has 0 aliphatic rings. The lowest BCUT2D eigenvalue weighted by Gasteiger charge is -2.08. The third kappa shape index (κ3) is 4.04. The van der Waals surface area contributed by atoms with Gasteiger partial charge in [-0.3, -0.25) is 14.9 Å². The number of rotatable bonds is 6. The van der Waals surface area contributed by atoms with Gasteiger partial charge in [-0.05, 0) is 23.9 Å². The van der Waals surface area contributed by atoms with E-state index in [2.05, 4.69) is 5.32 Å². The quantitative estimate of drug-likeness (QED) is 0.362. The molecule has 0 spiro atoms. The Labute approximate surface area is 162 Å². The Morgan fingerprint density at radius 1 is 1.22 bits per heavy atom. The van der Waals surface area contributed by atoms with Crippen LogP contribution in [0.5, 0.6) is 0 Å². The van der Waals surface area contributed by atoms with E-state index in [1.165, 1.54) is 34.8 Å². The SMILES string of the molecule is CCOC(=O)c1c(-c2cccc([N+](=O)[O-])c2)csc1NC(=O)c1cccs1. The third-order valence-corrected chi connectivity index (χ3v) is 5.37. The highest BCUT2D eigenvalue weighted by Crippen LogP contribution is 2.37. The number of hydrogen-bond donors (Lipinski definition) is 1. The molecular formula is C18H14N2O5S2. The fourth-order valence-corrected chi connectivity index (χ4v) is 4.00. The molecule has 0 atom stereocenters. The average Bonchev–Trinajstić information content (AvgIpc) is 3.32. The fourth-order valence-electron chi connectivity index (χ4n) is 2.43. The number of thiophene rings is 2. The minimum atomic E-state index is -0.596. The Hall–Kier alpha value is -3.04. The van der Waals surface area contributed by atoms with Crippen LogP contribution in [0.15, 0.2) is 47.2 Å².